The van der Waals surface area contributed by atoms with Gasteiger partial charge in [-0.25, -0.2) is 10.8 Å². The zero-order valence-electron chi connectivity index (χ0n) is 10.9. The SMILES string of the molecule is Cc1cccnc1CNC(=O)c1cc(Br)cnc1NN. The Kier molecular flexibility index (Phi) is 4.65. The summed E-state index contributed by atoms with van der Waals surface area (Å²) in [6.45, 7) is 2.30. The van der Waals surface area contributed by atoms with Crippen LogP contribution in [0.4, 0.5) is 5.82 Å². The van der Waals surface area contributed by atoms with Gasteiger partial charge >= 0.3 is 0 Å². The first-order valence-electron chi connectivity index (χ1n) is 5.92. The molecule has 2 heterocycles. The van der Waals surface area contributed by atoms with Crippen LogP contribution in [-0.2, 0) is 6.54 Å². The van der Waals surface area contributed by atoms with Gasteiger partial charge in [-0.15, -0.1) is 0 Å². The van der Waals surface area contributed by atoms with Gasteiger partial charge in [0.25, 0.3) is 5.91 Å². The van der Waals surface area contributed by atoms with Crippen molar-refractivity contribution in [3.8, 4) is 0 Å². The average Bonchev–Trinajstić information content (AvgIpc) is 2.46. The van der Waals surface area contributed by atoms with E-state index in [0.717, 1.165) is 11.3 Å². The molecule has 6 nitrogen and oxygen atoms in total. The molecule has 0 aromatic carbocycles. The van der Waals surface area contributed by atoms with Crippen LogP contribution >= 0.6 is 15.9 Å². The van der Waals surface area contributed by atoms with E-state index < -0.39 is 0 Å². The van der Waals surface area contributed by atoms with Crippen LogP contribution in [0.3, 0.4) is 0 Å². The van der Waals surface area contributed by atoms with E-state index in [1.54, 1.807) is 18.5 Å². The summed E-state index contributed by atoms with van der Waals surface area (Å²) < 4.78 is 0.704. The average molecular weight is 336 g/mol. The number of hydrazine groups is 1. The molecule has 0 aliphatic heterocycles. The predicted molar refractivity (Wildman–Crippen MR) is 79.9 cm³/mol. The second-order valence-electron chi connectivity index (χ2n) is 4.14. The Balaban J connectivity index is 2.13. The van der Waals surface area contributed by atoms with Gasteiger partial charge < -0.3 is 10.7 Å². The number of carbonyl (C=O) groups is 1. The number of nitrogens with one attached hydrogen (secondary N) is 2. The van der Waals surface area contributed by atoms with Gasteiger partial charge in [-0.05, 0) is 40.5 Å². The van der Waals surface area contributed by atoms with E-state index in [1.807, 2.05) is 19.1 Å². The second kappa shape index (κ2) is 6.44. The summed E-state index contributed by atoms with van der Waals surface area (Å²) in [7, 11) is 0. The van der Waals surface area contributed by atoms with Gasteiger partial charge in [-0.2, -0.15) is 0 Å². The van der Waals surface area contributed by atoms with Crippen LogP contribution < -0.4 is 16.6 Å². The summed E-state index contributed by atoms with van der Waals surface area (Å²) >= 11 is 3.28. The molecule has 104 valence electrons. The molecule has 7 heteroatoms. The number of aryl methyl sites for hydroxylation is 1. The number of carbonyl (C=O) groups excluding carboxylic acids is 1. The minimum absolute atomic E-state index is 0.267. The molecule has 1 amide bonds. The molecule has 0 spiro atoms. The summed E-state index contributed by atoms with van der Waals surface area (Å²) in [6.07, 6.45) is 3.26. The van der Waals surface area contributed by atoms with E-state index in [4.69, 9.17) is 5.84 Å². The van der Waals surface area contributed by atoms with Crippen LogP contribution in [0.2, 0.25) is 0 Å². The van der Waals surface area contributed by atoms with Crippen molar-refractivity contribution in [1.29, 1.82) is 0 Å². The number of amides is 1. The van der Waals surface area contributed by atoms with Gasteiger partial charge in [0.05, 0.1) is 17.8 Å². The minimum Gasteiger partial charge on any atom is -0.346 e. The number of rotatable bonds is 4. The maximum atomic E-state index is 12.2. The van der Waals surface area contributed by atoms with Crippen molar-refractivity contribution in [2.45, 2.75) is 13.5 Å². The van der Waals surface area contributed by atoms with Crippen LogP contribution in [0.15, 0.2) is 35.1 Å². The minimum atomic E-state index is -0.267. The van der Waals surface area contributed by atoms with Gasteiger partial charge in [0.2, 0.25) is 0 Å². The monoisotopic (exact) mass is 335 g/mol. The van der Waals surface area contributed by atoms with Crippen LogP contribution in [0.5, 0.6) is 0 Å². The van der Waals surface area contributed by atoms with Crippen LogP contribution in [0.25, 0.3) is 0 Å². The molecule has 0 atom stereocenters. The van der Waals surface area contributed by atoms with Crippen molar-refractivity contribution >= 4 is 27.7 Å². The number of halogens is 1. The standard InChI is InChI=1S/C13H14BrN5O/c1-8-3-2-4-16-11(8)7-18-13(20)10-5-9(14)6-17-12(10)19-15/h2-6H,7,15H2,1H3,(H,17,19)(H,18,20). The number of aromatic nitrogens is 2. The first-order valence-corrected chi connectivity index (χ1v) is 6.72. The van der Waals surface area contributed by atoms with Gasteiger partial charge in [0.1, 0.15) is 0 Å². The van der Waals surface area contributed by atoms with E-state index in [2.05, 4.69) is 36.6 Å². The highest BCUT2D eigenvalue weighted by Crippen LogP contribution is 2.17. The van der Waals surface area contributed by atoms with Crippen molar-refractivity contribution in [2.75, 3.05) is 5.43 Å². The highest BCUT2D eigenvalue weighted by Gasteiger charge is 2.13. The molecule has 0 fully saturated rings. The van der Waals surface area contributed by atoms with Crippen molar-refractivity contribution in [1.82, 2.24) is 15.3 Å². The topological polar surface area (TPSA) is 92.9 Å². The molecular formula is C13H14BrN5O. The van der Waals surface area contributed by atoms with Crippen LogP contribution in [0, 0.1) is 6.92 Å². The number of nitrogen functional groups attached to an aromatic ring is 1. The Bertz CT molecular complexity index is 632. The molecular weight excluding hydrogens is 322 g/mol. The highest BCUT2D eigenvalue weighted by molar-refractivity contribution is 9.10. The fourth-order valence-electron chi connectivity index (χ4n) is 1.69. The van der Waals surface area contributed by atoms with E-state index in [0.29, 0.717) is 22.4 Å². The molecule has 0 aliphatic carbocycles. The van der Waals surface area contributed by atoms with E-state index in [9.17, 15) is 4.79 Å². The van der Waals surface area contributed by atoms with Gasteiger partial charge in [-0.3, -0.25) is 9.78 Å². The van der Waals surface area contributed by atoms with Crippen molar-refractivity contribution in [2.24, 2.45) is 5.84 Å². The van der Waals surface area contributed by atoms with Gasteiger partial charge in [-0.1, -0.05) is 6.07 Å². The summed E-state index contributed by atoms with van der Waals surface area (Å²) in [5.41, 5.74) is 4.63. The number of hydrogen-bond acceptors (Lipinski definition) is 5. The molecule has 0 aliphatic rings. The van der Waals surface area contributed by atoms with Crippen molar-refractivity contribution in [3.63, 3.8) is 0 Å². The first kappa shape index (κ1) is 14.4. The summed E-state index contributed by atoms with van der Waals surface area (Å²) in [5.74, 6) is 5.41. The highest BCUT2D eigenvalue weighted by atomic mass is 79.9. The lowest BCUT2D eigenvalue weighted by Crippen LogP contribution is -2.26. The summed E-state index contributed by atoms with van der Waals surface area (Å²) in [6, 6.07) is 5.46. The first-order chi connectivity index (χ1) is 9.61. The number of hydrogen-bond donors (Lipinski definition) is 3. The number of anilines is 1. The fraction of sp³-hybridized carbons (Fsp3) is 0.154. The molecule has 0 bridgehead atoms. The van der Waals surface area contributed by atoms with Crippen molar-refractivity contribution in [3.05, 3.63) is 51.9 Å². The molecule has 0 saturated heterocycles. The Morgan fingerprint density at radius 3 is 2.95 bits per heavy atom. The Labute approximate surface area is 124 Å². The summed E-state index contributed by atoms with van der Waals surface area (Å²) in [4.78, 5) is 20.4. The zero-order chi connectivity index (χ0) is 14.5. The Hall–Kier alpha value is -1.99. The molecule has 2 aromatic rings. The quantitative estimate of drug-likeness (QED) is 0.584. The predicted octanol–water partition coefficient (Wildman–Crippen LogP) is 1.76. The fourth-order valence-corrected chi connectivity index (χ4v) is 2.02. The number of nitrogens with two attached hydrogens (primary N) is 1. The smallest absolute Gasteiger partial charge is 0.255 e. The van der Waals surface area contributed by atoms with Gasteiger partial charge in [0, 0.05) is 16.9 Å². The number of pyridine rings is 2. The third kappa shape index (κ3) is 3.31. The lowest BCUT2D eigenvalue weighted by Gasteiger charge is -2.10. The van der Waals surface area contributed by atoms with Crippen molar-refractivity contribution < 1.29 is 4.79 Å². The molecule has 4 N–H and O–H groups in total. The lowest BCUT2D eigenvalue weighted by atomic mass is 10.2. The van der Waals surface area contributed by atoms with E-state index >= 15 is 0 Å². The van der Waals surface area contributed by atoms with Gasteiger partial charge in [0.15, 0.2) is 5.82 Å². The zero-order valence-corrected chi connectivity index (χ0v) is 12.4. The van der Waals surface area contributed by atoms with Crippen LogP contribution in [-0.4, -0.2) is 15.9 Å². The maximum absolute atomic E-state index is 12.2. The van der Waals surface area contributed by atoms with Crippen LogP contribution in [0.1, 0.15) is 21.6 Å². The molecule has 0 unspecified atom stereocenters. The number of nitrogens with zero attached hydrogens (tertiary/aromatic N) is 2. The third-order valence-corrected chi connectivity index (χ3v) is 3.20. The van der Waals surface area contributed by atoms with E-state index in [-0.39, 0.29) is 5.91 Å². The Morgan fingerprint density at radius 2 is 2.25 bits per heavy atom. The lowest BCUT2D eigenvalue weighted by molar-refractivity contribution is 0.0951. The molecule has 20 heavy (non-hydrogen) atoms. The molecule has 0 saturated carbocycles. The Morgan fingerprint density at radius 1 is 1.45 bits per heavy atom. The molecule has 0 radical (unpaired) electrons. The summed E-state index contributed by atoms with van der Waals surface area (Å²) in [5, 5.41) is 2.80. The largest absolute Gasteiger partial charge is 0.346 e. The third-order valence-electron chi connectivity index (χ3n) is 2.77. The second-order valence-corrected chi connectivity index (χ2v) is 5.06. The molecule has 2 rings (SSSR count). The normalized spacial score (nSPS) is 10.2. The van der Waals surface area contributed by atoms with E-state index in [1.165, 1.54) is 0 Å². The molecule has 2 aromatic heterocycles. The maximum Gasteiger partial charge on any atom is 0.255 e.